The van der Waals surface area contributed by atoms with Gasteiger partial charge in [0.1, 0.15) is 16.9 Å². The third-order valence-corrected chi connectivity index (χ3v) is 4.45. The van der Waals surface area contributed by atoms with Crippen molar-refractivity contribution < 1.29 is 23.8 Å². The summed E-state index contributed by atoms with van der Waals surface area (Å²) in [4.78, 5) is 12.1. The summed E-state index contributed by atoms with van der Waals surface area (Å²) in [5, 5.41) is 17.0. The molecule has 0 bridgehead atoms. The van der Waals surface area contributed by atoms with E-state index < -0.39 is 11.6 Å². The van der Waals surface area contributed by atoms with Gasteiger partial charge < -0.3 is 29.6 Å². The van der Waals surface area contributed by atoms with Crippen LogP contribution in [0.15, 0.2) is 52.9 Å². The molecule has 0 saturated heterocycles. The number of aliphatic hydroxyl groups is 1. The molecule has 2 aromatic carbocycles. The SMILES string of the molecule is COc1ccc(CNC(=O)NCC(C)(O)c2cc3ccccc3o2)cc1OC. The molecule has 7 heteroatoms. The number of hydrogen-bond acceptors (Lipinski definition) is 5. The van der Waals surface area contributed by atoms with Crippen molar-refractivity contribution in [2.75, 3.05) is 20.8 Å². The smallest absolute Gasteiger partial charge is 0.315 e. The lowest BCUT2D eigenvalue weighted by Crippen LogP contribution is -2.43. The van der Waals surface area contributed by atoms with Crippen molar-refractivity contribution in [3.8, 4) is 11.5 Å². The molecule has 0 spiro atoms. The molecule has 28 heavy (non-hydrogen) atoms. The zero-order valence-corrected chi connectivity index (χ0v) is 16.1. The van der Waals surface area contributed by atoms with Crippen LogP contribution < -0.4 is 20.1 Å². The fourth-order valence-corrected chi connectivity index (χ4v) is 2.82. The van der Waals surface area contributed by atoms with E-state index >= 15 is 0 Å². The Kier molecular flexibility index (Phi) is 5.75. The fourth-order valence-electron chi connectivity index (χ4n) is 2.82. The average molecular weight is 384 g/mol. The van der Waals surface area contributed by atoms with E-state index in [9.17, 15) is 9.90 Å². The topological polar surface area (TPSA) is 93.0 Å². The minimum atomic E-state index is -1.33. The maximum Gasteiger partial charge on any atom is 0.315 e. The normalized spacial score (nSPS) is 13.0. The Hall–Kier alpha value is -3.19. The number of furan rings is 1. The van der Waals surface area contributed by atoms with Crippen LogP contribution in [0.1, 0.15) is 18.2 Å². The third kappa shape index (κ3) is 4.37. The van der Waals surface area contributed by atoms with Crippen molar-refractivity contribution >= 4 is 17.0 Å². The monoisotopic (exact) mass is 384 g/mol. The van der Waals surface area contributed by atoms with Gasteiger partial charge in [-0.1, -0.05) is 24.3 Å². The van der Waals surface area contributed by atoms with Gasteiger partial charge in [0.15, 0.2) is 11.5 Å². The van der Waals surface area contributed by atoms with Crippen LogP contribution in [0.3, 0.4) is 0 Å². The molecule has 3 aromatic rings. The Labute approximate surface area is 163 Å². The minimum Gasteiger partial charge on any atom is -0.493 e. The van der Waals surface area contributed by atoms with E-state index in [0.717, 1.165) is 10.9 Å². The largest absolute Gasteiger partial charge is 0.493 e. The lowest BCUT2D eigenvalue weighted by Gasteiger charge is -2.21. The summed E-state index contributed by atoms with van der Waals surface area (Å²) in [6.45, 7) is 1.91. The van der Waals surface area contributed by atoms with Crippen LogP contribution in [-0.2, 0) is 12.1 Å². The van der Waals surface area contributed by atoms with Crippen molar-refractivity contribution in [1.29, 1.82) is 0 Å². The summed E-state index contributed by atoms with van der Waals surface area (Å²) in [7, 11) is 3.12. The van der Waals surface area contributed by atoms with Crippen LogP contribution in [0.4, 0.5) is 4.79 Å². The first-order valence-corrected chi connectivity index (χ1v) is 8.87. The van der Waals surface area contributed by atoms with Gasteiger partial charge in [0.05, 0.1) is 20.8 Å². The molecule has 3 rings (SSSR count). The molecule has 1 atom stereocenters. The van der Waals surface area contributed by atoms with Crippen molar-refractivity contribution in [1.82, 2.24) is 10.6 Å². The van der Waals surface area contributed by atoms with Crippen molar-refractivity contribution in [2.24, 2.45) is 0 Å². The summed E-state index contributed by atoms with van der Waals surface area (Å²) < 4.78 is 16.1. The van der Waals surface area contributed by atoms with Crippen LogP contribution in [0.5, 0.6) is 11.5 Å². The summed E-state index contributed by atoms with van der Waals surface area (Å²) in [5.74, 6) is 1.61. The number of carbonyl (C=O) groups excluding carboxylic acids is 1. The van der Waals surface area contributed by atoms with Crippen LogP contribution in [0.2, 0.25) is 0 Å². The highest BCUT2D eigenvalue weighted by atomic mass is 16.5. The zero-order valence-electron chi connectivity index (χ0n) is 16.1. The van der Waals surface area contributed by atoms with E-state index in [1.807, 2.05) is 30.3 Å². The molecule has 0 aliphatic heterocycles. The summed E-state index contributed by atoms with van der Waals surface area (Å²) >= 11 is 0. The lowest BCUT2D eigenvalue weighted by atomic mass is 10.0. The van der Waals surface area contributed by atoms with Gasteiger partial charge >= 0.3 is 6.03 Å². The molecule has 0 saturated carbocycles. The van der Waals surface area contributed by atoms with Gasteiger partial charge in [-0.3, -0.25) is 0 Å². The quantitative estimate of drug-likeness (QED) is 0.582. The minimum absolute atomic E-state index is 0.00455. The Bertz CT molecular complexity index is 931. The number of para-hydroxylation sites is 1. The first-order valence-electron chi connectivity index (χ1n) is 8.87. The Morgan fingerprint density at radius 1 is 1.07 bits per heavy atom. The predicted molar refractivity (Wildman–Crippen MR) is 106 cm³/mol. The molecule has 1 unspecified atom stereocenters. The van der Waals surface area contributed by atoms with E-state index in [4.69, 9.17) is 13.9 Å². The number of carbonyl (C=O) groups is 1. The van der Waals surface area contributed by atoms with Crippen molar-refractivity contribution in [2.45, 2.75) is 19.1 Å². The highest BCUT2D eigenvalue weighted by molar-refractivity contribution is 5.78. The Morgan fingerprint density at radius 2 is 1.82 bits per heavy atom. The van der Waals surface area contributed by atoms with Gasteiger partial charge in [-0.2, -0.15) is 0 Å². The van der Waals surface area contributed by atoms with Gasteiger partial charge in [-0.15, -0.1) is 0 Å². The standard InChI is InChI=1S/C21H24N2O5/c1-21(25,19-11-15-6-4-5-7-16(15)28-19)13-23-20(24)22-12-14-8-9-17(26-2)18(10-14)27-3/h4-11,25H,12-13H2,1-3H3,(H2,22,23,24). The molecular weight excluding hydrogens is 360 g/mol. The Balaban J connectivity index is 1.56. The molecule has 2 amide bonds. The van der Waals surface area contributed by atoms with Gasteiger partial charge in [-0.05, 0) is 36.8 Å². The van der Waals surface area contributed by atoms with Crippen molar-refractivity contribution in [3.05, 3.63) is 59.9 Å². The number of nitrogens with one attached hydrogen (secondary N) is 2. The maximum absolute atomic E-state index is 12.1. The molecule has 148 valence electrons. The second kappa shape index (κ2) is 8.22. The van der Waals surface area contributed by atoms with E-state index in [-0.39, 0.29) is 6.54 Å². The molecule has 7 nitrogen and oxygen atoms in total. The number of amides is 2. The lowest BCUT2D eigenvalue weighted by molar-refractivity contribution is 0.0383. The molecule has 0 aliphatic rings. The molecule has 3 N–H and O–H groups in total. The highest BCUT2D eigenvalue weighted by Gasteiger charge is 2.28. The number of ether oxygens (including phenoxy) is 2. The summed E-state index contributed by atoms with van der Waals surface area (Å²) in [5.41, 5.74) is 0.215. The molecule has 1 aromatic heterocycles. The number of hydrogen-bond donors (Lipinski definition) is 3. The van der Waals surface area contributed by atoms with Crippen LogP contribution in [-0.4, -0.2) is 31.9 Å². The molecule has 0 aliphatic carbocycles. The summed E-state index contributed by atoms with van der Waals surface area (Å²) in [6.07, 6.45) is 0. The maximum atomic E-state index is 12.1. The van der Waals surface area contributed by atoms with Crippen LogP contribution >= 0.6 is 0 Å². The first-order chi connectivity index (χ1) is 13.4. The number of fused-ring (bicyclic) bond motifs is 1. The first kappa shape index (κ1) is 19.6. The highest BCUT2D eigenvalue weighted by Crippen LogP contribution is 2.28. The van der Waals surface area contributed by atoms with Crippen LogP contribution in [0, 0.1) is 0 Å². The zero-order chi connectivity index (χ0) is 20.1. The second-order valence-electron chi connectivity index (χ2n) is 6.65. The van der Waals surface area contributed by atoms with Gasteiger partial charge in [0.25, 0.3) is 0 Å². The van der Waals surface area contributed by atoms with E-state index in [1.165, 1.54) is 0 Å². The number of benzene rings is 2. The van der Waals surface area contributed by atoms with Crippen molar-refractivity contribution in [3.63, 3.8) is 0 Å². The number of methoxy groups -OCH3 is 2. The Morgan fingerprint density at radius 3 is 2.54 bits per heavy atom. The number of rotatable bonds is 7. The second-order valence-corrected chi connectivity index (χ2v) is 6.65. The fraction of sp³-hybridized carbons (Fsp3) is 0.286. The third-order valence-electron chi connectivity index (χ3n) is 4.45. The summed E-state index contributed by atoms with van der Waals surface area (Å²) in [6, 6.07) is 14.3. The predicted octanol–water partition coefficient (Wildman–Crippen LogP) is 3.16. The molecule has 1 heterocycles. The van der Waals surface area contributed by atoms with Gasteiger partial charge in [0.2, 0.25) is 0 Å². The molecular formula is C21H24N2O5. The average Bonchev–Trinajstić information content (AvgIpc) is 3.16. The van der Waals surface area contributed by atoms with Gasteiger partial charge in [0, 0.05) is 11.9 Å². The van der Waals surface area contributed by atoms with E-state index in [2.05, 4.69) is 10.6 Å². The molecule has 0 radical (unpaired) electrons. The van der Waals surface area contributed by atoms with Gasteiger partial charge in [-0.25, -0.2) is 4.79 Å². The number of urea groups is 1. The van der Waals surface area contributed by atoms with E-state index in [0.29, 0.717) is 29.4 Å². The van der Waals surface area contributed by atoms with E-state index in [1.54, 1.807) is 39.3 Å². The molecule has 0 fully saturated rings. The van der Waals surface area contributed by atoms with Crippen LogP contribution in [0.25, 0.3) is 11.0 Å².